The number of benzene rings is 3. The zero-order valence-electron chi connectivity index (χ0n) is 25.3. The molecule has 5 rings (SSSR count). The number of fused-ring (bicyclic) bond motifs is 2. The van der Waals surface area contributed by atoms with E-state index in [1.807, 2.05) is 18.2 Å². The van der Waals surface area contributed by atoms with Gasteiger partial charge in [0.15, 0.2) is 11.4 Å². The molecule has 5 aromatic rings. The van der Waals surface area contributed by atoms with Crippen molar-refractivity contribution < 1.29 is 13.9 Å². The average Bonchev–Trinajstić information content (AvgIpc) is 2.98. The van der Waals surface area contributed by atoms with E-state index in [4.69, 9.17) is 4.74 Å². The summed E-state index contributed by atoms with van der Waals surface area (Å²) in [6.07, 6.45) is 4.74. The molecule has 0 unspecified atom stereocenters. The molecular weight excluding hydrogens is 504 g/mol. The maximum Gasteiger partial charge on any atom is 0.214 e. The van der Waals surface area contributed by atoms with Crippen molar-refractivity contribution in [2.75, 3.05) is 23.7 Å². The van der Waals surface area contributed by atoms with Crippen molar-refractivity contribution in [1.29, 1.82) is 0 Å². The van der Waals surface area contributed by atoms with Gasteiger partial charge in [-0.25, -0.2) is 0 Å². The summed E-state index contributed by atoms with van der Waals surface area (Å²) in [5.74, 6) is 0.894. The summed E-state index contributed by atoms with van der Waals surface area (Å²) in [7, 11) is 4.27. The van der Waals surface area contributed by atoms with Crippen molar-refractivity contribution in [3.8, 4) is 5.75 Å². The van der Waals surface area contributed by atoms with Crippen LogP contribution in [0, 0.1) is 20.8 Å². The van der Waals surface area contributed by atoms with Crippen molar-refractivity contribution in [3.63, 3.8) is 0 Å². The quantitative estimate of drug-likeness (QED) is 0.128. The molecule has 3 aromatic carbocycles. The Labute approximate surface area is 244 Å². The summed E-state index contributed by atoms with van der Waals surface area (Å²) in [5, 5.41) is 9.93. The fraction of sp³-hybridized carbons (Fsp3) is 0.333. The number of hydrogen-bond acceptors (Lipinski definition) is 3. The van der Waals surface area contributed by atoms with E-state index in [2.05, 4.69) is 115 Å². The Hall–Kier alpha value is -4.12. The third-order valence-electron chi connectivity index (χ3n) is 8.17. The molecule has 0 aliphatic heterocycles. The molecule has 0 saturated heterocycles. The van der Waals surface area contributed by atoms with Crippen LogP contribution >= 0.6 is 0 Å². The number of anilines is 2. The topological polar surface area (TPSA) is 41.1 Å². The number of nitrogens with one attached hydrogen (secondary N) is 2. The van der Waals surface area contributed by atoms with Gasteiger partial charge in [-0.05, 0) is 49.1 Å². The Bertz CT molecular complexity index is 1650. The Kier molecular flexibility index (Phi) is 9.03. The van der Waals surface area contributed by atoms with Crippen molar-refractivity contribution in [1.82, 2.24) is 0 Å². The molecule has 0 spiro atoms. The van der Waals surface area contributed by atoms with Gasteiger partial charge in [0, 0.05) is 51.2 Å². The molecule has 5 nitrogen and oxygen atoms in total. The van der Waals surface area contributed by atoms with Crippen LogP contribution in [0.1, 0.15) is 48.2 Å². The molecule has 0 aliphatic carbocycles. The number of hydrogen-bond donors (Lipinski definition) is 2. The van der Waals surface area contributed by atoms with E-state index in [0.717, 1.165) is 25.3 Å². The molecule has 2 aromatic heterocycles. The summed E-state index contributed by atoms with van der Waals surface area (Å²) in [4.78, 5) is 0. The van der Waals surface area contributed by atoms with E-state index in [1.165, 1.54) is 75.0 Å². The van der Waals surface area contributed by atoms with Gasteiger partial charge in [0.1, 0.15) is 26.5 Å². The molecule has 0 fully saturated rings. The highest BCUT2D eigenvalue weighted by Gasteiger charge is 2.15. The molecule has 212 valence electrons. The minimum atomic E-state index is 0.570. The summed E-state index contributed by atoms with van der Waals surface area (Å²) < 4.78 is 10.6. The van der Waals surface area contributed by atoms with Gasteiger partial charge in [-0.1, -0.05) is 49.2 Å². The van der Waals surface area contributed by atoms with Gasteiger partial charge in [0.2, 0.25) is 11.0 Å². The standard InChI is InChI=1S/C36H42N4O/c1-26-15-17-35-31(21-26)33(22-27(2)39(35)4)37-19-11-6-7-12-20-38-34-23-28(3)40(5)36-18-16-30(24-32(34)36)41-25-29-13-9-8-10-14-29/h8-10,13-18,21-24H,6-7,11-12,19-20,25H2,1-5H3/p+2. The van der Waals surface area contributed by atoms with Crippen molar-refractivity contribution in [2.45, 2.75) is 53.1 Å². The van der Waals surface area contributed by atoms with Crippen LogP contribution in [0.5, 0.6) is 5.75 Å². The lowest BCUT2D eigenvalue weighted by atomic mass is 10.1. The van der Waals surface area contributed by atoms with Crippen molar-refractivity contribution >= 4 is 33.2 Å². The Morgan fingerprint density at radius 1 is 0.610 bits per heavy atom. The molecule has 2 heterocycles. The lowest BCUT2D eigenvalue weighted by Gasteiger charge is -2.13. The van der Waals surface area contributed by atoms with E-state index >= 15 is 0 Å². The van der Waals surface area contributed by atoms with Gasteiger partial charge in [-0.2, -0.15) is 9.13 Å². The van der Waals surface area contributed by atoms with E-state index in [9.17, 15) is 0 Å². The fourth-order valence-corrected chi connectivity index (χ4v) is 5.50. The zero-order valence-corrected chi connectivity index (χ0v) is 25.3. The second-order valence-electron chi connectivity index (χ2n) is 11.3. The predicted octanol–water partition coefficient (Wildman–Crippen LogP) is 7.23. The van der Waals surface area contributed by atoms with E-state index < -0.39 is 0 Å². The first-order valence-electron chi connectivity index (χ1n) is 14.9. The van der Waals surface area contributed by atoms with Crippen molar-refractivity contribution in [3.05, 3.63) is 101 Å². The van der Waals surface area contributed by atoms with Crippen LogP contribution in [0.25, 0.3) is 21.8 Å². The number of ether oxygens (including phenoxy) is 1. The Morgan fingerprint density at radius 3 is 1.78 bits per heavy atom. The number of aryl methyl sites for hydroxylation is 5. The molecule has 5 heteroatoms. The largest absolute Gasteiger partial charge is 0.489 e. The summed E-state index contributed by atoms with van der Waals surface area (Å²) in [5.41, 5.74) is 9.87. The maximum absolute atomic E-state index is 6.14. The van der Waals surface area contributed by atoms with Crippen LogP contribution in [0.2, 0.25) is 0 Å². The number of nitrogens with zero attached hydrogens (tertiary/aromatic N) is 2. The highest BCUT2D eigenvalue weighted by Crippen LogP contribution is 2.27. The molecule has 0 saturated carbocycles. The summed E-state index contributed by atoms with van der Waals surface area (Å²) >= 11 is 0. The second kappa shape index (κ2) is 13.0. The lowest BCUT2D eigenvalue weighted by Crippen LogP contribution is -2.33. The minimum absolute atomic E-state index is 0.570. The molecule has 0 amide bonds. The van der Waals surface area contributed by atoms with Crippen LogP contribution in [-0.2, 0) is 20.7 Å². The van der Waals surface area contributed by atoms with E-state index in [-0.39, 0.29) is 0 Å². The third kappa shape index (κ3) is 6.79. The van der Waals surface area contributed by atoms with Gasteiger partial charge < -0.3 is 15.4 Å². The summed E-state index contributed by atoms with van der Waals surface area (Å²) in [6, 6.07) is 28.0. The highest BCUT2D eigenvalue weighted by molar-refractivity contribution is 5.91. The van der Waals surface area contributed by atoms with Crippen LogP contribution < -0.4 is 24.5 Å². The number of aromatic nitrogens is 2. The smallest absolute Gasteiger partial charge is 0.214 e. The lowest BCUT2D eigenvalue weighted by molar-refractivity contribution is -0.651. The van der Waals surface area contributed by atoms with E-state index in [1.54, 1.807) is 0 Å². The monoisotopic (exact) mass is 548 g/mol. The van der Waals surface area contributed by atoms with Crippen LogP contribution in [0.3, 0.4) is 0 Å². The first-order valence-corrected chi connectivity index (χ1v) is 14.9. The van der Waals surface area contributed by atoms with Gasteiger partial charge in [0.05, 0.1) is 22.1 Å². The number of unbranched alkanes of at least 4 members (excludes halogenated alkanes) is 3. The number of rotatable bonds is 12. The SMILES string of the molecule is Cc1ccc2c(c1)c(NCCCCCCNc1cc(C)[n+](C)c3ccc(OCc4ccccc4)cc13)cc(C)[n+]2C. The average molecular weight is 549 g/mol. The molecule has 0 aliphatic rings. The van der Waals surface area contributed by atoms with Crippen molar-refractivity contribution in [2.24, 2.45) is 14.1 Å². The first kappa shape index (κ1) is 28.4. The summed E-state index contributed by atoms with van der Waals surface area (Å²) in [6.45, 7) is 9.02. The van der Waals surface area contributed by atoms with Crippen LogP contribution in [-0.4, -0.2) is 13.1 Å². The molecule has 0 bridgehead atoms. The normalized spacial score (nSPS) is 11.2. The third-order valence-corrected chi connectivity index (χ3v) is 8.17. The van der Waals surface area contributed by atoms with Gasteiger partial charge >= 0.3 is 0 Å². The molecule has 2 N–H and O–H groups in total. The fourth-order valence-electron chi connectivity index (χ4n) is 5.50. The van der Waals surface area contributed by atoms with Gasteiger partial charge in [-0.15, -0.1) is 0 Å². The molecule has 0 radical (unpaired) electrons. The predicted molar refractivity (Wildman–Crippen MR) is 171 cm³/mol. The van der Waals surface area contributed by atoms with Crippen LogP contribution in [0.15, 0.2) is 78.9 Å². The zero-order chi connectivity index (χ0) is 28.8. The minimum Gasteiger partial charge on any atom is -0.489 e. The molecular formula is C36H44N4O+2. The van der Waals surface area contributed by atoms with Crippen LogP contribution in [0.4, 0.5) is 11.4 Å². The number of pyridine rings is 2. The van der Waals surface area contributed by atoms with E-state index in [0.29, 0.717) is 6.61 Å². The molecule has 0 atom stereocenters. The molecule has 41 heavy (non-hydrogen) atoms. The maximum atomic E-state index is 6.14. The Balaban J connectivity index is 1.13. The van der Waals surface area contributed by atoms with Gasteiger partial charge in [0.25, 0.3) is 0 Å². The Morgan fingerprint density at radius 2 is 1.17 bits per heavy atom. The second-order valence-corrected chi connectivity index (χ2v) is 11.3. The highest BCUT2D eigenvalue weighted by atomic mass is 16.5. The van der Waals surface area contributed by atoms with Gasteiger partial charge in [-0.3, -0.25) is 0 Å². The first-order chi connectivity index (χ1) is 19.9.